The molecular formula is C12H12N2O2S. The molecule has 0 unspecified atom stereocenters. The summed E-state index contributed by atoms with van der Waals surface area (Å²) in [6.07, 6.45) is 0. The number of nitrogens with zero attached hydrogens (tertiary/aromatic N) is 1. The van der Waals surface area contributed by atoms with Crippen molar-refractivity contribution in [2.24, 2.45) is 0 Å². The number of aryl methyl sites for hydroxylation is 1. The first-order chi connectivity index (χ1) is 8.16. The van der Waals surface area contributed by atoms with Gasteiger partial charge in [-0.05, 0) is 30.5 Å². The van der Waals surface area contributed by atoms with Gasteiger partial charge in [0.05, 0.1) is 4.92 Å². The number of nitro groups is 1. The van der Waals surface area contributed by atoms with Crippen LogP contribution in [-0.4, -0.2) is 4.92 Å². The maximum atomic E-state index is 10.7. The molecule has 2 aromatic rings. The molecule has 0 aliphatic rings. The molecule has 1 aromatic heterocycles. The first-order valence-corrected chi connectivity index (χ1v) is 6.06. The lowest BCUT2D eigenvalue weighted by molar-refractivity contribution is -0.385. The van der Waals surface area contributed by atoms with Gasteiger partial charge in [0, 0.05) is 28.7 Å². The van der Waals surface area contributed by atoms with Crippen molar-refractivity contribution in [2.75, 3.05) is 5.32 Å². The van der Waals surface area contributed by atoms with Crippen LogP contribution in [0.5, 0.6) is 0 Å². The summed E-state index contributed by atoms with van der Waals surface area (Å²) in [6, 6.07) is 9.12. The minimum atomic E-state index is -0.363. The van der Waals surface area contributed by atoms with Crippen molar-refractivity contribution in [3.8, 4) is 0 Å². The van der Waals surface area contributed by atoms with Gasteiger partial charge >= 0.3 is 0 Å². The molecule has 0 amide bonds. The zero-order valence-electron chi connectivity index (χ0n) is 9.34. The number of nitro benzene ring substituents is 1. The highest BCUT2D eigenvalue weighted by Crippen LogP contribution is 2.22. The van der Waals surface area contributed by atoms with Crippen LogP contribution in [0.3, 0.4) is 0 Å². The van der Waals surface area contributed by atoms with Gasteiger partial charge in [-0.3, -0.25) is 10.1 Å². The van der Waals surface area contributed by atoms with Crippen LogP contribution in [0.15, 0.2) is 35.7 Å². The Kier molecular flexibility index (Phi) is 3.39. The van der Waals surface area contributed by atoms with Gasteiger partial charge in [-0.1, -0.05) is 6.07 Å². The molecule has 2 rings (SSSR count). The molecule has 1 aromatic carbocycles. The molecule has 1 N–H and O–H groups in total. The predicted octanol–water partition coefficient (Wildman–Crippen LogP) is 3.58. The maximum Gasteiger partial charge on any atom is 0.272 e. The van der Waals surface area contributed by atoms with Crippen LogP contribution in [0, 0.1) is 17.0 Å². The molecule has 0 saturated carbocycles. The highest BCUT2D eigenvalue weighted by Gasteiger charge is 2.09. The molecule has 0 aliphatic heterocycles. The van der Waals surface area contributed by atoms with Crippen molar-refractivity contribution < 1.29 is 4.92 Å². The van der Waals surface area contributed by atoms with Crippen LogP contribution in [-0.2, 0) is 6.54 Å². The molecule has 0 fully saturated rings. The molecule has 0 aliphatic carbocycles. The topological polar surface area (TPSA) is 55.2 Å². The Labute approximate surface area is 103 Å². The van der Waals surface area contributed by atoms with Gasteiger partial charge in [0.25, 0.3) is 5.69 Å². The Morgan fingerprint density at radius 3 is 2.82 bits per heavy atom. The van der Waals surface area contributed by atoms with E-state index in [0.717, 1.165) is 12.2 Å². The normalized spacial score (nSPS) is 10.2. The largest absolute Gasteiger partial charge is 0.380 e. The third kappa shape index (κ3) is 2.82. The van der Waals surface area contributed by atoms with E-state index in [0.29, 0.717) is 5.56 Å². The molecular weight excluding hydrogens is 236 g/mol. The van der Waals surface area contributed by atoms with Gasteiger partial charge in [-0.2, -0.15) is 0 Å². The van der Waals surface area contributed by atoms with Crippen LogP contribution in [0.25, 0.3) is 0 Å². The van der Waals surface area contributed by atoms with E-state index in [1.165, 1.54) is 10.9 Å². The minimum Gasteiger partial charge on any atom is -0.380 e. The third-order valence-corrected chi connectivity index (χ3v) is 3.32. The number of nitrogens with one attached hydrogen (secondary N) is 1. The zero-order chi connectivity index (χ0) is 12.3. The molecule has 88 valence electrons. The van der Waals surface area contributed by atoms with Crippen LogP contribution in [0.1, 0.15) is 10.4 Å². The summed E-state index contributed by atoms with van der Waals surface area (Å²) in [5.74, 6) is 0. The number of hydrogen-bond donors (Lipinski definition) is 1. The molecule has 4 nitrogen and oxygen atoms in total. The summed E-state index contributed by atoms with van der Waals surface area (Å²) in [7, 11) is 0. The van der Waals surface area contributed by atoms with Crippen molar-refractivity contribution in [1.82, 2.24) is 0 Å². The Morgan fingerprint density at radius 1 is 1.41 bits per heavy atom. The van der Waals surface area contributed by atoms with E-state index in [4.69, 9.17) is 0 Å². The van der Waals surface area contributed by atoms with Crippen LogP contribution in [0.2, 0.25) is 0 Å². The second-order valence-electron chi connectivity index (χ2n) is 3.69. The number of hydrogen-bond acceptors (Lipinski definition) is 4. The second kappa shape index (κ2) is 4.97. The number of rotatable bonds is 4. The molecule has 0 bridgehead atoms. The lowest BCUT2D eigenvalue weighted by atomic mass is 10.2. The van der Waals surface area contributed by atoms with Gasteiger partial charge < -0.3 is 5.32 Å². The van der Waals surface area contributed by atoms with Gasteiger partial charge in [0.1, 0.15) is 0 Å². The summed E-state index contributed by atoms with van der Waals surface area (Å²) in [4.78, 5) is 11.5. The van der Waals surface area contributed by atoms with Crippen LogP contribution >= 0.6 is 11.3 Å². The first kappa shape index (κ1) is 11.6. The van der Waals surface area contributed by atoms with Gasteiger partial charge in [-0.25, -0.2) is 0 Å². The van der Waals surface area contributed by atoms with Gasteiger partial charge in [0.15, 0.2) is 0 Å². The fourth-order valence-electron chi connectivity index (χ4n) is 1.57. The van der Waals surface area contributed by atoms with E-state index in [-0.39, 0.29) is 10.6 Å². The quantitative estimate of drug-likeness (QED) is 0.664. The molecule has 0 spiro atoms. The van der Waals surface area contributed by atoms with E-state index < -0.39 is 0 Å². The molecule has 5 heteroatoms. The molecule has 17 heavy (non-hydrogen) atoms. The lowest BCUT2D eigenvalue weighted by Crippen LogP contribution is -1.99. The van der Waals surface area contributed by atoms with E-state index >= 15 is 0 Å². The van der Waals surface area contributed by atoms with E-state index in [2.05, 4.69) is 11.4 Å². The average Bonchev–Trinajstić information content (AvgIpc) is 2.78. The number of benzene rings is 1. The Morgan fingerprint density at radius 2 is 2.24 bits per heavy atom. The van der Waals surface area contributed by atoms with Crippen molar-refractivity contribution in [2.45, 2.75) is 13.5 Å². The predicted molar refractivity (Wildman–Crippen MR) is 69.5 cm³/mol. The summed E-state index contributed by atoms with van der Waals surface area (Å²) in [6.45, 7) is 2.49. The molecule has 0 saturated heterocycles. The van der Waals surface area contributed by atoms with Crippen LogP contribution in [0.4, 0.5) is 11.4 Å². The van der Waals surface area contributed by atoms with Crippen molar-refractivity contribution in [3.63, 3.8) is 0 Å². The highest BCUT2D eigenvalue weighted by atomic mass is 32.1. The third-order valence-electron chi connectivity index (χ3n) is 2.44. The average molecular weight is 248 g/mol. The highest BCUT2D eigenvalue weighted by molar-refractivity contribution is 7.09. The fraction of sp³-hybridized carbons (Fsp3) is 0.167. The van der Waals surface area contributed by atoms with E-state index in [9.17, 15) is 10.1 Å². The fourth-order valence-corrected chi connectivity index (χ4v) is 2.22. The van der Waals surface area contributed by atoms with E-state index in [1.807, 2.05) is 11.4 Å². The minimum absolute atomic E-state index is 0.159. The lowest BCUT2D eigenvalue weighted by Gasteiger charge is -2.06. The van der Waals surface area contributed by atoms with E-state index in [1.54, 1.807) is 30.4 Å². The maximum absolute atomic E-state index is 10.7. The number of thiophene rings is 1. The summed E-state index contributed by atoms with van der Waals surface area (Å²) in [5, 5.41) is 15.9. The summed E-state index contributed by atoms with van der Waals surface area (Å²) >= 11 is 1.68. The summed E-state index contributed by atoms with van der Waals surface area (Å²) in [5.41, 5.74) is 1.74. The second-order valence-corrected chi connectivity index (χ2v) is 4.72. The Hall–Kier alpha value is -1.88. The molecule has 0 atom stereocenters. The van der Waals surface area contributed by atoms with Gasteiger partial charge in [-0.15, -0.1) is 11.3 Å². The number of anilines is 1. The molecule has 0 radical (unpaired) electrons. The van der Waals surface area contributed by atoms with Crippen molar-refractivity contribution in [3.05, 3.63) is 56.3 Å². The smallest absolute Gasteiger partial charge is 0.272 e. The van der Waals surface area contributed by atoms with Crippen molar-refractivity contribution in [1.29, 1.82) is 0 Å². The zero-order valence-corrected chi connectivity index (χ0v) is 10.2. The van der Waals surface area contributed by atoms with Gasteiger partial charge in [0.2, 0.25) is 0 Å². The summed E-state index contributed by atoms with van der Waals surface area (Å²) < 4.78 is 0. The monoisotopic (exact) mass is 248 g/mol. The SMILES string of the molecule is Cc1cc(NCc2cccs2)ccc1[N+](=O)[O-]. The first-order valence-electron chi connectivity index (χ1n) is 5.18. The van der Waals surface area contributed by atoms with Crippen molar-refractivity contribution >= 4 is 22.7 Å². The van der Waals surface area contributed by atoms with Crippen LogP contribution < -0.4 is 5.32 Å². The molecule has 1 heterocycles. The Bertz CT molecular complexity index is 523. The Balaban J connectivity index is 2.07. The standard InChI is InChI=1S/C12H12N2O2S/c1-9-7-10(4-5-12(9)14(15)16)13-8-11-3-2-6-17-11/h2-7,13H,8H2,1H3.